The molecule has 0 unspecified atom stereocenters. The summed E-state index contributed by atoms with van der Waals surface area (Å²) in [6.07, 6.45) is 0.240. The monoisotopic (exact) mass is 308 g/mol. The zero-order chi connectivity index (χ0) is 14.5. The third kappa shape index (κ3) is 3.97. The van der Waals surface area contributed by atoms with Gasteiger partial charge in [0.15, 0.2) is 0 Å². The maximum atomic E-state index is 12.0. The summed E-state index contributed by atoms with van der Waals surface area (Å²) in [6.45, 7) is 0.441. The molecular weight excluding hydrogens is 295 g/mol. The molecule has 0 aliphatic heterocycles. The Bertz CT molecular complexity index is 629. The Morgan fingerprint density at radius 3 is 2.55 bits per heavy atom. The van der Waals surface area contributed by atoms with Crippen molar-refractivity contribution in [1.82, 2.24) is 0 Å². The second-order valence-electron chi connectivity index (χ2n) is 4.38. The van der Waals surface area contributed by atoms with Gasteiger partial charge in [0.2, 0.25) is 5.91 Å². The van der Waals surface area contributed by atoms with Crippen LogP contribution in [0.2, 0.25) is 10.0 Å². The largest absolute Gasteiger partial charge is 0.326 e. The molecule has 0 saturated heterocycles. The lowest BCUT2D eigenvalue weighted by molar-refractivity contribution is -0.115. The molecule has 2 rings (SSSR count). The summed E-state index contributed by atoms with van der Waals surface area (Å²) in [5.74, 6) is -0.113. The van der Waals surface area contributed by atoms with Gasteiger partial charge >= 0.3 is 0 Å². The SMILES string of the molecule is NCc1cccc(NC(=O)Cc2ccc(Cl)c(Cl)c2)c1. The fourth-order valence-electron chi connectivity index (χ4n) is 1.82. The molecule has 0 aromatic heterocycles. The lowest BCUT2D eigenvalue weighted by Gasteiger charge is -2.07. The first kappa shape index (κ1) is 14.9. The van der Waals surface area contributed by atoms with Crippen LogP contribution in [0.15, 0.2) is 42.5 Å². The average molecular weight is 309 g/mol. The highest BCUT2D eigenvalue weighted by Crippen LogP contribution is 2.23. The number of nitrogens with two attached hydrogens (primary N) is 1. The van der Waals surface area contributed by atoms with E-state index in [1.54, 1.807) is 18.2 Å². The van der Waals surface area contributed by atoms with Crippen molar-refractivity contribution in [2.24, 2.45) is 5.73 Å². The maximum absolute atomic E-state index is 12.0. The summed E-state index contributed by atoms with van der Waals surface area (Å²) in [6, 6.07) is 12.6. The zero-order valence-electron chi connectivity index (χ0n) is 10.7. The van der Waals surface area contributed by atoms with Crippen molar-refractivity contribution in [3.8, 4) is 0 Å². The number of rotatable bonds is 4. The van der Waals surface area contributed by atoms with Crippen molar-refractivity contribution in [2.75, 3.05) is 5.32 Å². The number of carbonyl (C=O) groups is 1. The fourth-order valence-corrected chi connectivity index (χ4v) is 2.14. The number of hydrogen-bond donors (Lipinski definition) is 2. The molecule has 0 fully saturated rings. The van der Waals surface area contributed by atoms with Gasteiger partial charge in [0.1, 0.15) is 0 Å². The lowest BCUT2D eigenvalue weighted by Crippen LogP contribution is -2.14. The van der Waals surface area contributed by atoms with Crippen molar-refractivity contribution in [3.63, 3.8) is 0 Å². The van der Waals surface area contributed by atoms with Gasteiger partial charge in [-0.25, -0.2) is 0 Å². The molecule has 104 valence electrons. The summed E-state index contributed by atoms with van der Waals surface area (Å²) < 4.78 is 0. The summed E-state index contributed by atoms with van der Waals surface area (Å²) >= 11 is 11.8. The Hall–Kier alpha value is -1.55. The molecule has 0 radical (unpaired) electrons. The Balaban J connectivity index is 2.03. The predicted octanol–water partition coefficient (Wildman–Crippen LogP) is 3.63. The second-order valence-corrected chi connectivity index (χ2v) is 5.19. The van der Waals surface area contributed by atoms with Gasteiger partial charge in [0.25, 0.3) is 0 Å². The lowest BCUT2D eigenvalue weighted by atomic mass is 10.1. The first-order valence-corrected chi connectivity index (χ1v) is 6.87. The molecule has 3 N–H and O–H groups in total. The average Bonchev–Trinajstić information content (AvgIpc) is 2.43. The maximum Gasteiger partial charge on any atom is 0.228 e. The Morgan fingerprint density at radius 2 is 1.85 bits per heavy atom. The molecule has 0 atom stereocenters. The molecule has 5 heteroatoms. The number of carbonyl (C=O) groups excluding carboxylic acids is 1. The Kier molecular flexibility index (Phi) is 5.01. The van der Waals surface area contributed by atoms with Gasteiger partial charge in [-0.05, 0) is 35.4 Å². The van der Waals surface area contributed by atoms with E-state index in [-0.39, 0.29) is 12.3 Å². The van der Waals surface area contributed by atoms with Crippen LogP contribution in [0.5, 0.6) is 0 Å². The van der Waals surface area contributed by atoms with E-state index >= 15 is 0 Å². The topological polar surface area (TPSA) is 55.1 Å². The van der Waals surface area contributed by atoms with Gasteiger partial charge in [-0.3, -0.25) is 4.79 Å². The summed E-state index contributed by atoms with van der Waals surface area (Å²) in [5, 5.41) is 3.75. The molecule has 2 aromatic rings. The van der Waals surface area contributed by atoms with Crippen LogP contribution in [0, 0.1) is 0 Å². The molecule has 0 bridgehead atoms. The van der Waals surface area contributed by atoms with E-state index in [1.165, 1.54) is 0 Å². The van der Waals surface area contributed by atoms with Crippen LogP contribution in [-0.4, -0.2) is 5.91 Å². The molecule has 0 saturated carbocycles. The first-order valence-electron chi connectivity index (χ1n) is 6.11. The van der Waals surface area contributed by atoms with Gasteiger partial charge in [0.05, 0.1) is 16.5 Å². The summed E-state index contributed by atoms with van der Waals surface area (Å²) in [7, 11) is 0. The van der Waals surface area contributed by atoms with Crippen molar-refractivity contribution >= 4 is 34.8 Å². The van der Waals surface area contributed by atoms with Crippen LogP contribution >= 0.6 is 23.2 Å². The third-order valence-electron chi connectivity index (χ3n) is 2.80. The Labute approximate surface area is 127 Å². The predicted molar refractivity (Wildman–Crippen MR) is 83.1 cm³/mol. The van der Waals surface area contributed by atoms with E-state index < -0.39 is 0 Å². The fraction of sp³-hybridized carbons (Fsp3) is 0.133. The molecule has 3 nitrogen and oxygen atoms in total. The summed E-state index contributed by atoms with van der Waals surface area (Å²) in [5.41, 5.74) is 8.08. The third-order valence-corrected chi connectivity index (χ3v) is 3.53. The van der Waals surface area contributed by atoms with Gasteiger partial charge in [-0.1, -0.05) is 41.4 Å². The van der Waals surface area contributed by atoms with Crippen molar-refractivity contribution < 1.29 is 4.79 Å². The minimum Gasteiger partial charge on any atom is -0.326 e. The molecule has 0 heterocycles. The number of hydrogen-bond acceptors (Lipinski definition) is 2. The van der Waals surface area contributed by atoms with Gasteiger partial charge in [-0.15, -0.1) is 0 Å². The normalized spacial score (nSPS) is 10.3. The smallest absolute Gasteiger partial charge is 0.228 e. The quantitative estimate of drug-likeness (QED) is 0.906. The van der Waals surface area contributed by atoms with E-state index in [2.05, 4.69) is 5.32 Å². The highest BCUT2D eigenvalue weighted by molar-refractivity contribution is 6.42. The highest BCUT2D eigenvalue weighted by atomic mass is 35.5. The second kappa shape index (κ2) is 6.75. The number of nitrogens with one attached hydrogen (secondary N) is 1. The van der Waals surface area contributed by atoms with Crippen LogP contribution in [0.3, 0.4) is 0 Å². The van der Waals surface area contributed by atoms with Crippen molar-refractivity contribution in [1.29, 1.82) is 0 Å². The number of benzene rings is 2. The molecule has 2 aromatic carbocycles. The van der Waals surface area contributed by atoms with Crippen LogP contribution < -0.4 is 11.1 Å². The van der Waals surface area contributed by atoms with Crippen LogP contribution in [0.4, 0.5) is 5.69 Å². The summed E-state index contributed by atoms with van der Waals surface area (Å²) in [4.78, 5) is 12.0. The standard InChI is InChI=1S/C15H14Cl2N2O/c16-13-5-4-10(7-14(13)17)8-15(20)19-12-3-1-2-11(6-12)9-18/h1-7H,8-9,18H2,(H,19,20). The minimum absolute atomic E-state index is 0.113. The molecule has 0 aliphatic rings. The highest BCUT2D eigenvalue weighted by Gasteiger charge is 2.06. The molecular formula is C15H14Cl2N2O. The van der Waals surface area contributed by atoms with E-state index in [1.807, 2.05) is 24.3 Å². The van der Waals surface area contributed by atoms with E-state index in [0.29, 0.717) is 16.6 Å². The molecule has 0 aliphatic carbocycles. The number of anilines is 1. The minimum atomic E-state index is -0.113. The van der Waals surface area contributed by atoms with Crippen molar-refractivity contribution in [2.45, 2.75) is 13.0 Å². The van der Waals surface area contributed by atoms with Crippen LogP contribution in [-0.2, 0) is 17.8 Å². The van der Waals surface area contributed by atoms with E-state index in [0.717, 1.165) is 16.8 Å². The first-order chi connectivity index (χ1) is 9.58. The van der Waals surface area contributed by atoms with Crippen LogP contribution in [0.25, 0.3) is 0 Å². The van der Waals surface area contributed by atoms with E-state index in [9.17, 15) is 4.79 Å². The molecule has 20 heavy (non-hydrogen) atoms. The number of halogens is 2. The number of amides is 1. The van der Waals surface area contributed by atoms with E-state index in [4.69, 9.17) is 28.9 Å². The van der Waals surface area contributed by atoms with Gasteiger partial charge in [-0.2, -0.15) is 0 Å². The van der Waals surface area contributed by atoms with Gasteiger partial charge < -0.3 is 11.1 Å². The molecule has 1 amide bonds. The Morgan fingerprint density at radius 1 is 1.05 bits per heavy atom. The zero-order valence-corrected chi connectivity index (χ0v) is 12.2. The van der Waals surface area contributed by atoms with Crippen LogP contribution in [0.1, 0.15) is 11.1 Å². The molecule has 0 spiro atoms. The van der Waals surface area contributed by atoms with Crippen molar-refractivity contribution in [3.05, 3.63) is 63.6 Å². The van der Waals surface area contributed by atoms with Gasteiger partial charge in [0, 0.05) is 12.2 Å².